The van der Waals surface area contributed by atoms with Crippen LogP contribution in [0.2, 0.25) is 0 Å². The van der Waals surface area contributed by atoms with E-state index in [4.69, 9.17) is 14.7 Å². The van der Waals surface area contributed by atoms with Crippen molar-refractivity contribution < 1.29 is 19.5 Å². The van der Waals surface area contributed by atoms with Crippen molar-refractivity contribution in [3.63, 3.8) is 0 Å². The SMILES string of the molecule is C/C=C\C(Nc1cccc(CC(CC)c2ccc(C(=O)NCCC(O)O)cc2)c1)c1c(C)noc1C. The third-order valence-corrected chi connectivity index (χ3v) is 6.34. The molecule has 36 heavy (non-hydrogen) atoms. The first kappa shape index (κ1) is 27.2. The van der Waals surface area contributed by atoms with E-state index >= 15 is 0 Å². The molecule has 7 nitrogen and oxygen atoms in total. The number of nitrogens with zero attached hydrogens (tertiary/aromatic N) is 1. The second kappa shape index (κ2) is 13.0. The van der Waals surface area contributed by atoms with Gasteiger partial charge in [-0.2, -0.15) is 0 Å². The van der Waals surface area contributed by atoms with Crippen LogP contribution in [0.4, 0.5) is 5.69 Å². The van der Waals surface area contributed by atoms with Crippen molar-refractivity contribution >= 4 is 11.6 Å². The van der Waals surface area contributed by atoms with Crippen molar-refractivity contribution in [2.45, 2.75) is 65.2 Å². The molecule has 3 rings (SSSR count). The summed E-state index contributed by atoms with van der Waals surface area (Å²) < 4.78 is 5.38. The molecule has 2 atom stereocenters. The predicted octanol–water partition coefficient (Wildman–Crippen LogP) is 5.19. The number of carbonyl (C=O) groups is 1. The Morgan fingerprint density at radius 1 is 1.14 bits per heavy atom. The van der Waals surface area contributed by atoms with Crippen molar-refractivity contribution in [1.29, 1.82) is 0 Å². The van der Waals surface area contributed by atoms with Gasteiger partial charge in [-0.1, -0.05) is 48.5 Å². The van der Waals surface area contributed by atoms with Gasteiger partial charge in [-0.3, -0.25) is 4.79 Å². The van der Waals surface area contributed by atoms with E-state index in [0.29, 0.717) is 11.5 Å². The zero-order valence-electron chi connectivity index (χ0n) is 21.5. The lowest BCUT2D eigenvalue weighted by atomic mass is 9.89. The molecule has 3 aromatic rings. The summed E-state index contributed by atoms with van der Waals surface area (Å²) in [6.07, 6.45) is 4.67. The van der Waals surface area contributed by atoms with E-state index in [1.807, 2.05) is 51.1 Å². The number of carbonyl (C=O) groups excluding carboxylic acids is 1. The highest BCUT2D eigenvalue weighted by atomic mass is 16.5. The normalized spacial score (nSPS) is 13.2. The van der Waals surface area contributed by atoms with Gasteiger partial charge in [-0.15, -0.1) is 0 Å². The average Bonchev–Trinajstić information content (AvgIpc) is 3.20. The maximum absolute atomic E-state index is 12.3. The van der Waals surface area contributed by atoms with E-state index in [-0.39, 0.29) is 24.9 Å². The monoisotopic (exact) mass is 491 g/mol. The number of hydrogen-bond acceptors (Lipinski definition) is 6. The Balaban J connectivity index is 1.69. The Labute approximate surface area is 213 Å². The number of anilines is 1. The fourth-order valence-electron chi connectivity index (χ4n) is 4.42. The van der Waals surface area contributed by atoms with Gasteiger partial charge < -0.3 is 25.4 Å². The number of amides is 1. The summed E-state index contributed by atoms with van der Waals surface area (Å²) in [7, 11) is 0. The number of rotatable bonds is 12. The number of aromatic nitrogens is 1. The maximum atomic E-state index is 12.3. The molecule has 2 aromatic carbocycles. The van der Waals surface area contributed by atoms with Crippen molar-refractivity contribution in [3.05, 3.63) is 94.4 Å². The first-order chi connectivity index (χ1) is 17.3. The number of aliphatic hydroxyl groups is 2. The van der Waals surface area contributed by atoms with Crippen LogP contribution in [0.25, 0.3) is 0 Å². The van der Waals surface area contributed by atoms with E-state index in [1.54, 1.807) is 0 Å². The van der Waals surface area contributed by atoms with Gasteiger partial charge in [0.25, 0.3) is 5.91 Å². The summed E-state index contributed by atoms with van der Waals surface area (Å²) >= 11 is 0. The number of nitrogens with one attached hydrogen (secondary N) is 2. The molecule has 192 valence electrons. The van der Waals surface area contributed by atoms with Crippen LogP contribution in [-0.4, -0.2) is 34.1 Å². The van der Waals surface area contributed by atoms with E-state index < -0.39 is 6.29 Å². The minimum atomic E-state index is -1.42. The molecule has 4 N–H and O–H groups in total. The number of aryl methyl sites for hydroxylation is 2. The number of benzene rings is 2. The van der Waals surface area contributed by atoms with Gasteiger partial charge in [0.05, 0.1) is 11.7 Å². The number of hydrogen-bond donors (Lipinski definition) is 4. The molecule has 0 bridgehead atoms. The highest BCUT2D eigenvalue weighted by Crippen LogP contribution is 2.29. The van der Waals surface area contributed by atoms with Crippen LogP contribution in [0.5, 0.6) is 0 Å². The first-order valence-corrected chi connectivity index (χ1v) is 12.5. The molecule has 0 aliphatic rings. The zero-order valence-corrected chi connectivity index (χ0v) is 21.5. The van der Waals surface area contributed by atoms with Crippen LogP contribution in [0.3, 0.4) is 0 Å². The van der Waals surface area contributed by atoms with E-state index in [2.05, 4.69) is 53.1 Å². The molecule has 1 aromatic heterocycles. The van der Waals surface area contributed by atoms with Crippen LogP contribution >= 0.6 is 0 Å². The predicted molar refractivity (Wildman–Crippen MR) is 142 cm³/mol. The summed E-state index contributed by atoms with van der Waals surface area (Å²) in [4.78, 5) is 12.3. The summed E-state index contributed by atoms with van der Waals surface area (Å²) in [6.45, 7) is 8.28. The number of allylic oxidation sites excluding steroid dienone is 1. The van der Waals surface area contributed by atoms with Gasteiger partial charge in [-0.25, -0.2) is 0 Å². The molecule has 0 spiro atoms. The Hall–Kier alpha value is -3.42. The lowest BCUT2D eigenvalue weighted by molar-refractivity contribution is -0.0440. The minimum Gasteiger partial charge on any atom is -0.375 e. The van der Waals surface area contributed by atoms with E-state index in [0.717, 1.165) is 35.5 Å². The van der Waals surface area contributed by atoms with Gasteiger partial charge in [-0.05, 0) is 74.9 Å². The quantitative estimate of drug-likeness (QED) is 0.205. The summed E-state index contributed by atoms with van der Waals surface area (Å²) in [6, 6.07) is 16.1. The standard InChI is InChI=1S/C29H37N3O4/c1-5-8-26(28-19(3)32-36-20(28)4)31-25-10-7-9-21(18-25)17-22(6-2)23-11-13-24(14-12-23)29(35)30-16-15-27(33)34/h5,7-14,18,22,26-27,31,33-34H,6,15-17H2,1-4H3,(H,30,35)/b8-5-. The molecule has 0 radical (unpaired) electrons. The largest absolute Gasteiger partial charge is 0.375 e. The molecule has 0 saturated carbocycles. The van der Waals surface area contributed by atoms with Crippen LogP contribution in [-0.2, 0) is 6.42 Å². The summed E-state index contributed by atoms with van der Waals surface area (Å²) in [5.41, 5.74) is 5.94. The lowest BCUT2D eigenvalue weighted by Gasteiger charge is -2.19. The molecular weight excluding hydrogens is 454 g/mol. The van der Waals surface area contributed by atoms with Gasteiger partial charge in [0.1, 0.15) is 5.76 Å². The summed E-state index contributed by atoms with van der Waals surface area (Å²) in [5.74, 6) is 0.909. The highest BCUT2D eigenvalue weighted by Gasteiger charge is 2.19. The van der Waals surface area contributed by atoms with Gasteiger partial charge >= 0.3 is 0 Å². The fraction of sp³-hybridized carbons (Fsp3) is 0.379. The highest BCUT2D eigenvalue weighted by molar-refractivity contribution is 5.94. The fourth-order valence-corrected chi connectivity index (χ4v) is 4.42. The van der Waals surface area contributed by atoms with Crippen molar-refractivity contribution in [3.8, 4) is 0 Å². The molecule has 1 heterocycles. The molecular formula is C29H37N3O4. The summed E-state index contributed by atoms with van der Waals surface area (Å²) in [5, 5.41) is 28.3. The number of aliphatic hydroxyl groups excluding tert-OH is 1. The van der Waals surface area contributed by atoms with Crippen molar-refractivity contribution in [2.75, 3.05) is 11.9 Å². The minimum absolute atomic E-state index is 0.0298. The Kier molecular flexibility index (Phi) is 9.85. The van der Waals surface area contributed by atoms with E-state index in [9.17, 15) is 4.79 Å². The van der Waals surface area contributed by atoms with Gasteiger partial charge in [0.15, 0.2) is 6.29 Å². The van der Waals surface area contributed by atoms with Crippen LogP contribution in [0.1, 0.15) is 77.2 Å². The molecule has 0 saturated heterocycles. The Morgan fingerprint density at radius 2 is 1.89 bits per heavy atom. The lowest BCUT2D eigenvalue weighted by Crippen LogP contribution is -2.27. The smallest absolute Gasteiger partial charge is 0.251 e. The van der Waals surface area contributed by atoms with Crippen molar-refractivity contribution in [1.82, 2.24) is 10.5 Å². The van der Waals surface area contributed by atoms with E-state index in [1.165, 1.54) is 11.1 Å². The van der Waals surface area contributed by atoms with Crippen molar-refractivity contribution in [2.24, 2.45) is 0 Å². The van der Waals surface area contributed by atoms with Gasteiger partial charge in [0.2, 0.25) is 0 Å². The average molecular weight is 492 g/mol. The molecule has 0 aliphatic carbocycles. The zero-order chi connectivity index (χ0) is 26.1. The second-order valence-corrected chi connectivity index (χ2v) is 9.04. The third-order valence-electron chi connectivity index (χ3n) is 6.34. The Morgan fingerprint density at radius 3 is 2.50 bits per heavy atom. The first-order valence-electron chi connectivity index (χ1n) is 12.5. The topological polar surface area (TPSA) is 108 Å². The third kappa shape index (κ3) is 7.29. The molecule has 1 amide bonds. The molecule has 7 heteroatoms. The van der Waals surface area contributed by atoms with Crippen LogP contribution in [0, 0.1) is 13.8 Å². The molecule has 0 fully saturated rings. The maximum Gasteiger partial charge on any atom is 0.251 e. The second-order valence-electron chi connectivity index (χ2n) is 9.04. The Bertz CT molecular complexity index is 1130. The molecule has 2 unspecified atom stereocenters. The van der Waals surface area contributed by atoms with Crippen LogP contribution < -0.4 is 10.6 Å². The molecule has 0 aliphatic heterocycles. The van der Waals surface area contributed by atoms with Crippen LogP contribution in [0.15, 0.2) is 65.2 Å². The van der Waals surface area contributed by atoms with Gasteiger partial charge in [0, 0.05) is 29.8 Å².